The lowest BCUT2D eigenvalue weighted by atomic mass is 10.2. The van der Waals surface area contributed by atoms with E-state index >= 15 is 0 Å². The summed E-state index contributed by atoms with van der Waals surface area (Å²) in [7, 11) is 0. The van der Waals surface area contributed by atoms with Gasteiger partial charge >= 0.3 is 0 Å². The summed E-state index contributed by atoms with van der Waals surface area (Å²) in [6.45, 7) is 3.30. The number of furan rings is 1. The van der Waals surface area contributed by atoms with Crippen molar-refractivity contribution < 1.29 is 23.5 Å². The van der Waals surface area contributed by atoms with Gasteiger partial charge in [-0.3, -0.25) is 9.59 Å². The molecule has 3 N–H and O–H groups in total. The van der Waals surface area contributed by atoms with Crippen LogP contribution in [-0.4, -0.2) is 43.0 Å². The summed E-state index contributed by atoms with van der Waals surface area (Å²) >= 11 is 0. The summed E-state index contributed by atoms with van der Waals surface area (Å²) in [5, 5.41) is 2.77. The summed E-state index contributed by atoms with van der Waals surface area (Å²) in [5.41, 5.74) is 6.44. The lowest BCUT2D eigenvalue weighted by molar-refractivity contribution is -0.116. The highest BCUT2D eigenvalue weighted by Crippen LogP contribution is 2.32. The van der Waals surface area contributed by atoms with Crippen molar-refractivity contribution in [3.63, 3.8) is 0 Å². The zero-order chi connectivity index (χ0) is 18.5. The molecule has 1 aromatic carbocycles. The molecule has 2 aromatic rings. The molecule has 3 rings (SSSR count). The Morgan fingerprint density at radius 1 is 1.19 bits per heavy atom. The molecule has 0 unspecified atom stereocenters. The maximum absolute atomic E-state index is 12.5. The van der Waals surface area contributed by atoms with Crippen LogP contribution in [0.1, 0.15) is 23.0 Å². The summed E-state index contributed by atoms with van der Waals surface area (Å²) in [6.07, 6.45) is 1.35. The van der Waals surface area contributed by atoms with Gasteiger partial charge < -0.3 is 29.8 Å². The fraction of sp³-hybridized carbons (Fsp3) is 0.333. The number of hydrogen-bond donors (Lipinski definition) is 2. The number of likely N-dealkylation sites (N-methyl/N-ethyl adjacent to an activating group) is 1. The molecule has 2 heterocycles. The Morgan fingerprint density at radius 3 is 2.59 bits per heavy atom. The van der Waals surface area contributed by atoms with Gasteiger partial charge in [-0.15, -0.1) is 12.4 Å². The third-order valence-electron chi connectivity index (χ3n) is 3.93. The van der Waals surface area contributed by atoms with Gasteiger partial charge in [-0.1, -0.05) is 0 Å². The van der Waals surface area contributed by atoms with E-state index in [1.54, 1.807) is 31.2 Å². The van der Waals surface area contributed by atoms with Gasteiger partial charge in [0, 0.05) is 18.3 Å². The molecule has 0 atom stereocenters. The maximum Gasteiger partial charge on any atom is 0.257 e. The molecule has 0 radical (unpaired) electrons. The molecule has 0 saturated heterocycles. The fourth-order valence-corrected chi connectivity index (χ4v) is 2.60. The second kappa shape index (κ2) is 9.29. The molecule has 8 nitrogen and oxygen atoms in total. The Morgan fingerprint density at radius 2 is 1.93 bits per heavy atom. The number of carbonyl (C=O) groups excluding carboxylic acids is 2. The van der Waals surface area contributed by atoms with Crippen LogP contribution in [0.2, 0.25) is 0 Å². The van der Waals surface area contributed by atoms with Gasteiger partial charge in [0.15, 0.2) is 11.5 Å². The van der Waals surface area contributed by atoms with Crippen molar-refractivity contribution >= 4 is 29.9 Å². The van der Waals surface area contributed by atoms with Crippen LogP contribution in [0.3, 0.4) is 0 Å². The van der Waals surface area contributed by atoms with Crippen LogP contribution in [0.4, 0.5) is 5.69 Å². The van der Waals surface area contributed by atoms with Crippen molar-refractivity contribution in [2.45, 2.75) is 13.5 Å². The molecule has 2 amide bonds. The van der Waals surface area contributed by atoms with Crippen molar-refractivity contribution in [1.82, 2.24) is 4.90 Å². The highest BCUT2D eigenvalue weighted by Gasteiger charge is 2.20. The molecule has 0 bridgehead atoms. The number of nitrogens with one attached hydrogen (secondary N) is 1. The number of ether oxygens (including phenoxy) is 2. The Balaban J connectivity index is 0.00000261. The van der Waals surface area contributed by atoms with Crippen molar-refractivity contribution in [2.24, 2.45) is 5.73 Å². The number of rotatable bonds is 6. The number of nitrogens with zero attached hydrogens (tertiary/aromatic N) is 1. The number of anilines is 1. The average Bonchev–Trinajstić information content (AvgIpc) is 3.14. The standard InChI is InChI=1S/C18H21N3O5.ClH/c1-2-21(18(23)12-7-14(9-19)26-11-12)10-17(22)20-13-3-4-15-16(8-13)25-6-5-24-15;/h3-4,7-8,11H,2,5-6,9-10,19H2,1H3,(H,20,22);1H. The predicted molar refractivity (Wildman–Crippen MR) is 101 cm³/mol. The Hall–Kier alpha value is -2.71. The zero-order valence-corrected chi connectivity index (χ0v) is 15.7. The molecule has 1 aromatic heterocycles. The summed E-state index contributed by atoms with van der Waals surface area (Å²) < 4.78 is 16.1. The number of benzene rings is 1. The van der Waals surface area contributed by atoms with Gasteiger partial charge in [0.1, 0.15) is 31.8 Å². The van der Waals surface area contributed by atoms with Crippen molar-refractivity contribution in [3.05, 3.63) is 41.9 Å². The van der Waals surface area contributed by atoms with E-state index in [9.17, 15) is 9.59 Å². The molecule has 0 fully saturated rings. The quantitative estimate of drug-likeness (QED) is 0.775. The summed E-state index contributed by atoms with van der Waals surface area (Å²) in [5.74, 6) is 1.17. The molecule has 0 aliphatic carbocycles. The minimum Gasteiger partial charge on any atom is -0.486 e. The monoisotopic (exact) mass is 395 g/mol. The molecule has 146 valence electrons. The van der Waals surface area contributed by atoms with Gasteiger partial charge in [0.05, 0.1) is 12.1 Å². The first-order valence-corrected chi connectivity index (χ1v) is 8.37. The van der Waals surface area contributed by atoms with Crippen LogP contribution in [0, 0.1) is 0 Å². The molecular weight excluding hydrogens is 374 g/mol. The van der Waals surface area contributed by atoms with Crippen LogP contribution < -0.4 is 20.5 Å². The van der Waals surface area contributed by atoms with Crippen LogP contribution in [0.5, 0.6) is 11.5 Å². The van der Waals surface area contributed by atoms with Gasteiger partial charge in [-0.05, 0) is 25.1 Å². The average molecular weight is 396 g/mol. The number of hydrogen-bond acceptors (Lipinski definition) is 6. The van der Waals surface area contributed by atoms with Crippen molar-refractivity contribution in [3.8, 4) is 11.5 Å². The molecule has 27 heavy (non-hydrogen) atoms. The zero-order valence-electron chi connectivity index (χ0n) is 14.9. The second-order valence-corrected chi connectivity index (χ2v) is 5.73. The number of nitrogens with two attached hydrogens (primary N) is 1. The van der Waals surface area contributed by atoms with Gasteiger partial charge in [-0.2, -0.15) is 0 Å². The topological polar surface area (TPSA) is 107 Å². The first-order valence-electron chi connectivity index (χ1n) is 8.37. The second-order valence-electron chi connectivity index (χ2n) is 5.73. The van der Waals surface area contributed by atoms with Crippen molar-refractivity contribution in [2.75, 3.05) is 31.6 Å². The van der Waals surface area contributed by atoms with Gasteiger partial charge in [-0.25, -0.2) is 0 Å². The Kier molecular flexibility index (Phi) is 7.09. The molecular formula is C18H22ClN3O5. The van der Waals surface area contributed by atoms with E-state index in [2.05, 4.69) is 5.32 Å². The third-order valence-corrected chi connectivity index (χ3v) is 3.93. The van der Waals surface area contributed by atoms with E-state index in [-0.39, 0.29) is 37.3 Å². The minimum absolute atomic E-state index is 0. The largest absolute Gasteiger partial charge is 0.486 e. The number of fused-ring (bicyclic) bond motifs is 1. The minimum atomic E-state index is -0.306. The van der Waals surface area contributed by atoms with E-state index in [1.165, 1.54) is 11.2 Å². The normalized spacial score (nSPS) is 12.1. The molecule has 9 heteroatoms. The lowest BCUT2D eigenvalue weighted by Crippen LogP contribution is -2.37. The highest BCUT2D eigenvalue weighted by atomic mass is 35.5. The van der Waals surface area contributed by atoms with Gasteiger partial charge in [0.25, 0.3) is 5.91 Å². The van der Waals surface area contributed by atoms with Crippen LogP contribution in [0.15, 0.2) is 34.9 Å². The first kappa shape index (κ1) is 20.6. The van der Waals surface area contributed by atoms with E-state index in [1.807, 2.05) is 0 Å². The summed E-state index contributed by atoms with van der Waals surface area (Å²) in [6, 6.07) is 6.76. The molecule has 1 aliphatic rings. The Labute approximate surface area is 163 Å². The summed E-state index contributed by atoms with van der Waals surface area (Å²) in [4.78, 5) is 26.2. The fourth-order valence-electron chi connectivity index (χ4n) is 2.60. The smallest absolute Gasteiger partial charge is 0.257 e. The number of carbonyl (C=O) groups is 2. The number of halogens is 1. The van der Waals surface area contributed by atoms with Crippen LogP contribution >= 0.6 is 12.4 Å². The third kappa shape index (κ3) is 4.93. The van der Waals surface area contributed by atoms with Crippen molar-refractivity contribution in [1.29, 1.82) is 0 Å². The molecule has 1 aliphatic heterocycles. The molecule has 0 spiro atoms. The van der Waals surface area contributed by atoms with E-state index in [0.29, 0.717) is 48.3 Å². The van der Waals surface area contributed by atoms with E-state index < -0.39 is 0 Å². The van der Waals surface area contributed by atoms with E-state index in [0.717, 1.165) is 0 Å². The van der Waals surface area contributed by atoms with Crippen LogP contribution in [0.25, 0.3) is 0 Å². The first-order chi connectivity index (χ1) is 12.6. The number of amides is 2. The van der Waals surface area contributed by atoms with Crippen LogP contribution in [-0.2, 0) is 11.3 Å². The highest BCUT2D eigenvalue weighted by molar-refractivity contribution is 5.99. The predicted octanol–water partition coefficient (Wildman–Crippen LogP) is 2.03. The Bertz CT molecular complexity index is 808. The SMILES string of the molecule is CCN(CC(=O)Nc1ccc2c(c1)OCCO2)C(=O)c1coc(CN)c1.Cl. The van der Waals surface area contributed by atoms with Gasteiger partial charge in [0.2, 0.25) is 5.91 Å². The maximum atomic E-state index is 12.5. The van der Waals surface area contributed by atoms with E-state index in [4.69, 9.17) is 19.6 Å². The lowest BCUT2D eigenvalue weighted by Gasteiger charge is -2.21. The molecule has 0 saturated carbocycles.